The van der Waals surface area contributed by atoms with Gasteiger partial charge >= 0.3 is 0 Å². The van der Waals surface area contributed by atoms with Crippen molar-refractivity contribution in [3.05, 3.63) is 58.7 Å². The predicted octanol–water partition coefficient (Wildman–Crippen LogP) is 5.27. The second kappa shape index (κ2) is 8.50. The van der Waals surface area contributed by atoms with Crippen molar-refractivity contribution in [3.63, 3.8) is 0 Å². The maximum atomic E-state index is 12.5. The van der Waals surface area contributed by atoms with Gasteiger partial charge in [0, 0.05) is 17.3 Å². The monoisotopic (exact) mass is 407 g/mol. The van der Waals surface area contributed by atoms with Gasteiger partial charge in [-0.05, 0) is 87.9 Å². The van der Waals surface area contributed by atoms with Crippen molar-refractivity contribution in [1.82, 2.24) is 5.43 Å². The molecule has 0 fully saturated rings. The Morgan fingerprint density at radius 3 is 2.67 bits per heavy atom. The quantitative estimate of drug-likeness (QED) is 0.543. The van der Waals surface area contributed by atoms with Gasteiger partial charge in [-0.25, -0.2) is 5.43 Å². The molecule has 1 N–H and O–H groups in total. The van der Waals surface area contributed by atoms with Crippen LogP contribution in [-0.4, -0.2) is 30.8 Å². The number of nitrogens with one attached hydrogen (secondary N) is 1. The summed E-state index contributed by atoms with van der Waals surface area (Å²) in [6.07, 6.45) is 2.80. The van der Waals surface area contributed by atoms with Crippen LogP contribution in [0.3, 0.4) is 0 Å². The van der Waals surface area contributed by atoms with E-state index < -0.39 is 0 Å². The zero-order valence-corrected chi connectivity index (χ0v) is 19.1. The lowest BCUT2D eigenvalue weighted by atomic mass is 9.79. The Morgan fingerprint density at radius 2 is 2.00 bits per heavy atom. The summed E-state index contributed by atoms with van der Waals surface area (Å²) in [5.41, 5.74) is 7.83. The molecule has 5 nitrogen and oxygen atoms in total. The second-order valence-corrected chi connectivity index (χ2v) is 9.10. The molecule has 0 saturated carbocycles. The Balaban J connectivity index is 1.80. The minimum Gasteiger partial charge on any atom is -0.496 e. The molecule has 0 spiro atoms. The lowest BCUT2D eigenvalue weighted by molar-refractivity contribution is 0.0952. The Kier molecular flexibility index (Phi) is 6.20. The zero-order chi connectivity index (χ0) is 22.1. The summed E-state index contributed by atoms with van der Waals surface area (Å²) in [5, 5.41) is 4.18. The third-order valence-electron chi connectivity index (χ3n) is 5.80. The van der Waals surface area contributed by atoms with Crippen LogP contribution in [0.1, 0.15) is 74.0 Å². The molecule has 1 heterocycles. The SMILES string of the molecule is COc1cc(C)ccc1C(=O)N/N=C\c1ccc2c(c1)[C@@H](C)CC(C)(C)N2C(C)C. The molecule has 0 aliphatic carbocycles. The lowest BCUT2D eigenvalue weighted by Crippen LogP contribution is -2.51. The van der Waals surface area contributed by atoms with Crippen LogP contribution in [0.15, 0.2) is 41.5 Å². The van der Waals surface area contributed by atoms with Crippen molar-refractivity contribution in [2.45, 2.75) is 65.5 Å². The fourth-order valence-corrected chi connectivity index (χ4v) is 4.74. The number of methoxy groups -OCH3 is 1. The Hall–Kier alpha value is -2.82. The van der Waals surface area contributed by atoms with E-state index in [4.69, 9.17) is 4.74 Å². The van der Waals surface area contributed by atoms with Crippen molar-refractivity contribution in [2.75, 3.05) is 12.0 Å². The van der Waals surface area contributed by atoms with E-state index in [9.17, 15) is 4.79 Å². The fourth-order valence-electron chi connectivity index (χ4n) is 4.74. The zero-order valence-electron chi connectivity index (χ0n) is 19.1. The van der Waals surface area contributed by atoms with Crippen LogP contribution in [0.25, 0.3) is 0 Å². The molecule has 3 rings (SSSR count). The average molecular weight is 408 g/mol. The van der Waals surface area contributed by atoms with Gasteiger partial charge in [-0.2, -0.15) is 5.10 Å². The molecule has 2 aromatic rings. The number of fused-ring (bicyclic) bond motifs is 1. The van der Waals surface area contributed by atoms with Crippen molar-refractivity contribution in [3.8, 4) is 5.75 Å². The minimum absolute atomic E-state index is 0.122. The Morgan fingerprint density at radius 1 is 1.27 bits per heavy atom. The van der Waals surface area contributed by atoms with Gasteiger partial charge in [0.15, 0.2) is 0 Å². The van der Waals surface area contributed by atoms with Gasteiger partial charge in [-0.15, -0.1) is 0 Å². The van der Waals surface area contributed by atoms with Crippen LogP contribution in [0.4, 0.5) is 5.69 Å². The fraction of sp³-hybridized carbons (Fsp3) is 0.440. The Labute approximate surface area is 180 Å². The van der Waals surface area contributed by atoms with E-state index in [0.717, 1.165) is 17.5 Å². The summed E-state index contributed by atoms with van der Waals surface area (Å²) >= 11 is 0. The van der Waals surface area contributed by atoms with E-state index in [0.29, 0.717) is 23.3 Å². The summed E-state index contributed by atoms with van der Waals surface area (Å²) in [4.78, 5) is 15.0. The number of nitrogens with zero attached hydrogens (tertiary/aromatic N) is 2. The van der Waals surface area contributed by atoms with Crippen LogP contribution in [0, 0.1) is 6.92 Å². The van der Waals surface area contributed by atoms with Gasteiger partial charge in [-0.1, -0.05) is 19.1 Å². The van der Waals surface area contributed by atoms with Gasteiger partial charge in [0.2, 0.25) is 0 Å². The number of anilines is 1. The van der Waals surface area contributed by atoms with Crippen LogP contribution >= 0.6 is 0 Å². The molecule has 0 aromatic heterocycles. The minimum atomic E-state index is -0.290. The number of rotatable bonds is 5. The third-order valence-corrected chi connectivity index (χ3v) is 5.80. The first-order valence-electron chi connectivity index (χ1n) is 10.6. The van der Waals surface area contributed by atoms with Crippen LogP contribution in [-0.2, 0) is 0 Å². The van der Waals surface area contributed by atoms with E-state index >= 15 is 0 Å². The molecule has 160 valence electrons. The van der Waals surface area contributed by atoms with E-state index in [1.54, 1.807) is 19.4 Å². The summed E-state index contributed by atoms with van der Waals surface area (Å²) in [5.74, 6) is 0.716. The molecule has 1 amide bonds. The molecule has 1 aliphatic heterocycles. The molecule has 30 heavy (non-hydrogen) atoms. The maximum absolute atomic E-state index is 12.5. The molecule has 1 atom stereocenters. The first kappa shape index (κ1) is 21.9. The number of carbonyl (C=O) groups is 1. The molecular weight excluding hydrogens is 374 g/mol. The third kappa shape index (κ3) is 4.35. The van der Waals surface area contributed by atoms with Gasteiger partial charge in [-0.3, -0.25) is 4.79 Å². The van der Waals surface area contributed by atoms with Crippen molar-refractivity contribution < 1.29 is 9.53 Å². The van der Waals surface area contributed by atoms with Crippen LogP contribution in [0.5, 0.6) is 5.75 Å². The van der Waals surface area contributed by atoms with E-state index in [1.807, 2.05) is 19.1 Å². The van der Waals surface area contributed by atoms with Gasteiger partial charge in [0.1, 0.15) is 5.75 Å². The molecule has 1 aliphatic rings. The molecule has 0 bridgehead atoms. The predicted molar refractivity (Wildman–Crippen MR) is 124 cm³/mol. The summed E-state index contributed by atoms with van der Waals surface area (Å²) in [6, 6.07) is 12.3. The molecule has 0 radical (unpaired) electrons. The standard InChI is InChI=1S/C25H33N3O2/c1-16(2)28-22-11-9-19(13-21(22)18(4)14-25(28,5)6)15-26-27-24(29)20-10-8-17(3)12-23(20)30-7/h8-13,15-16,18H,14H2,1-7H3,(H,27,29)/b26-15-/t18-/m0/s1. The van der Waals surface area contributed by atoms with Gasteiger partial charge in [0.05, 0.1) is 18.9 Å². The molecule has 2 aromatic carbocycles. The molecule has 0 saturated heterocycles. The summed E-state index contributed by atoms with van der Waals surface area (Å²) < 4.78 is 5.31. The van der Waals surface area contributed by atoms with Crippen LogP contribution < -0.4 is 15.1 Å². The number of ether oxygens (including phenoxy) is 1. The highest BCUT2D eigenvalue weighted by molar-refractivity contribution is 5.97. The molecular formula is C25H33N3O2. The van der Waals surface area contributed by atoms with Crippen molar-refractivity contribution in [2.24, 2.45) is 5.10 Å². The highest BCUT2D eigenvalue weighted by Crippen LogP contribution is 2.44. The second-order valence-electron chi connectivity index (χ2n) is 9.10. The largest absolute Gasteiger partial charge is 0.496 e. The number of hydrazone groups is 1. The highest BCUT2D eigenvalue weighted by atomic mass is 16.5. The van der Waals surface area contributed by atoms with Crippen LogP contribution in [0.2, 0.25) is 0 Å². The smallest absolute Gasteiger partial charge is 0.275 e. The number of aryl methyl sites for hydroxylation is 1. The van der Waals surface area contributed by atoms with E-state index in [2.05, 4.69) is 68.2 Å². The molecule has 0 unspecified atom stereocenters. The van der Waals surface area contributed by atoms with Gasteiger partial charge in [0.25, 0.3) is 5.91 Å². The number of hydrogen-bond acceptors (Lipinski definition) is 4. The Bertz CT molecular complexity index is 963. The van der Waals surface area contributed by atoms with E-state index in [1.165, 1.54) is 11.3 Å². The summed E-state index contributed by atoms with van der Waals surface area (Å²) in [6.45, 7) is 13.4. The number of benzene rings is 2. The number of carbonyl (C=O) groups excluding carboxylic acids is 1. The number of amides is 1. The normalized spacial score (nSPS) is 17.9. The van der Waals surface area contributed by atoms with E-state index in [-0.39, 0.29) is 11.4 Å². The lowest BCUT2D eigenvalue weighted by Gasteiger charge is -2.50. The number of hydrogen-bond donors (Lipinski definition) is 1. The van der Waals surface area contributed by atoms with Crippen molar-refractivity contribution >= 4 is 17.8 Å². The topological polar surface area (TPSA) is 53.9 Å². The summed E-state index contributed by atoms with van der Waals surface area (Å²) in [7, 11) is 1.56. The maximum Gasteiger partial charge on any atom is 0.275 e. The average Bonchev–Trinajstić information content (AvgIpc) is 2.67. The van der Waals surface area contributed by atoms with Gasteiger partial charge < -0.3 is 9.64 Å². The highest BCUT2D eigenvalue weighted by Gasteiger charge is 2.37. The first-order valence-corrected chi connectivity index (χ1v) is 10.6. The first-order chi connectivity index (χ1) is 14.1. The molecule has 5 heteroatoms. The van der Waals surface area contributed by atoms with Crippen molar-refractivity contribution in [1.29, 1.82) is 0 Å².